The lowest BCUT2D eigenvalue weighted by Crippen LogP contribution is -1.94. The molecule has 2 aromatic heterocycles. The van der Waals surface area contributed by atoms with Gasteiger partial charge in [-0.2, -0.15) is 10.4 Å². The number of rotatable bonds is 3. The van der Waals surface area contributed by atoms with Crippen molar-refractivity contribution < 1.29 is 0 Å². The lowest BCUT2D eigenvalue weighted by Gasteiger charge is -2.03. The van der Waals surface area contributed by atoms with Crippen LogP contribution in [0.2, 0.25) is 0 Å². The van der Waals surface area contributed by atoms with Crippen LogP contribution in [0.25, 0.3) is 0 Å². The molecule has 0 saturated heterocycles. The summed E-state index contributed by atoms with van der Waals surface area (Å²) in [5, 5.41) is 14.3. The summed E-state index contributed by atoms with van der Waals surface area (Å²) in [5.41, 5.74) is 2.46. The van der Waals surface area contributed by atoms with E-state index in [1.54, 1.807) is 18.0 Å². The maximum absolute atomic E-state index is 8.94. The van der Waals surface area contributed by atoms with Crippen LogP contribution in [0.5, 0.6) is 0 Å². The zero-order valence-electron chi connectivity index (χ0n) is 9.71. The molecule has 86 valence electrons. The highest BCUT2D eigenvalue weighted by molar-refractivity contribution is 7.98. The molecular formula is C12H12N4S. The second-order valence-electron chi connectivity index (χ2n) is 3.66. The largest absolute Gasteiger partial charge is 0.262 e. The molecule has 0 N–H and O–H groups in total. The monoisotopic (exact) mass is 244 g/mol. The Labute approximate surface area is 104 Å². The lowest BCUT2D eigenvalue weighted by molar-refractivity contribution is 0.692. The summed E-state index contributed by atoms with van der Waals surface area (Å²) in [4.78, 5) is 4.04. The molecule has 0 aliphatic carbocycles. The molecular weight excluding hydrogens is 232 g/mol. The van der Waals surface area contributed by atoms with Crippen LogP contribution in [-0.2, 0) is 12.8 Å². The molecule has 0 spiro atoms. The minimum absolute atomic E-state index is 0.499. The summed E-state index contributed by atoms with van der Waals surface area (Å²) in [5.74, 6) is 0.732. The number of nitrogens with zero attached hydrogens (tertiary/aromatic N) is 4. The molecule has 0 aliphatic heterocycles. The summed E-state index contributed by atoms with van der Waals surface area (Å²) in [6.07, 6.45) is 1.64. The van der Waals surface area contributed by atoms with Gasteiger partial charge in [0.05, 0.1) is 10.7 Å². The SMILES string of the molecule is Cc1cc(SCc2cccnc2C#N)n(C)n1. The van der Waals surface area contributed by atoms with Crippen LogP contribution in [0.15, 0.2) is 29.4 Å². The van der Waals surface area contributed by atoms with Gasteiger partial charge in [0.2, 0.25) is 0 Å². The van der Waals surface area contributed by atoms with E-state index in [0.29, 0.717) is 5.69 Å². The molecule has 2 aromatic rings. The topological polar surface area (TPSA) is 54.5 Å². The summed E-state index contributed by atoms with van der Waals surface area (Å²) in [6, 6.07) is 7.92. The first-order valence-electron chi connectivity index (χ1n) is 5.18. The zero-order chi connectivity index (χ0) is 12.3. The predicted octanol–water partition coefficient (Wildman–Crippen LogP) is 2.29. The van der Waals surface area contributed by atoms with Crippen LogP contribution in [0, 0.1) is 18.3 Å². The number of hydrogen-bond acceptors (Lipinski definition) is 4. The van der Waals surface area contributed by atoms with Crippen molar-refractivity contribution >= 4 is 11.8 Å². The maximum atomic E-state index is 8.94. The smallest absolute Gasteiger partial charge is 0.144 e. The van der Waals surface area contributed by atoms with Crippen LogP contribution in [0.3, 0.4) is 0 Å². The van der Waals surface area contributed by atoms with E-state index in [0.717, 1.165) is 22.0 Å². The lowest BCUT2D eigenvalue weighted by atomic mass is 10.2. The first-order chi connectivity index (χ1) is 8.20. The number of aryl methyl sites for hydroxylation is 2. The Morgan fingerprint density at radius 3 is 3.00 bits per heavy atom. The Hall–Kier alpha value is -1.80. The number of aromatic nitrogens is 3. The van der Waals surface area contributed by atoms with E-state index < -0.39 is 0 Å². The predicted molar refractivity (Wildman–Crippen MR) is 66.5 cm³/mol. The van der Waals surface area contributed by atoms with Crippen molar-refractivity contribution in [1.29, 1.82) is 5.26 Å². The molecule has 0 unspecified atom stereocenters. The molecule has 2 heterocycles. The molecule has 0 atom stereocenters. The van der Waals surface area contributed by atoms with Crippen LogP contribution in [-0.4, -0.2) is 14.8 Å². The molecule has 0 amide bonds. The van der Waals surface area contributed by atoms with Crippen molar-refractivity contribution in [3.05, 3.63) is 41.3 Å². The quantitative estimate of drug-likeness (QED) is 0.777. The molecule has 5 heteroatoms. The van der Waals surface area contributed by atoms with E-state index in [4.69, 9.17) is 5.26 Å². The van der Waals surface area contributed by atoms with Gasteiger partial charge in [0.25, 0.3) is 0 Å². The molecule has 0 saturated carbocycles. The fourth-order valence-corrected chi connectivity index (χ4v) is 2.55. The van der Waals surface area contributed by atoms with E-state index in [-0.39, 0.29) is 0 Å². The molecule has 0 aliphatic rings. The molecule has 0 bridgehead atoms. The van der Waals surface area contributed by atoms with E-state index in [1.165, 1.54) is 0 Å². The highest BCUT2D eigenvalue weighted by Gasteiger charge is 2.06. The number of nitriles is 1. The van der Waals surface area contributed by atoms with Crippen molar-refractivity contribution in [3.8, 4) is 6.07 Å². The molecule has 2 rings (SSSR count). The van der Waals surface area contributed by atoms with E-state index in [1.807, 2.05) is 36.9 Å². The summed E-state index contributed by atoms with van der Waals surface area (Å²) in [7, 11) is 1.92. The van der Waals surface area contributed by atoms with Crippen LogP contribution in [0.4, 0.5) is 0 Å². The average molecular weight is 244 g/mol. The zero-order valence-corrected chi connectivity index (χ0v) is 10.5. The highest BCUT2D eigenvalue weighted by Crippen LogP contribution is 2.23. The van der Waals surface area contributed by atoms with Gasteiger partial charge >= 0.3 is 0 Å². The maximum Gasteiger partial charge on any atom is 0.144 e. The van der Waals surface area contributed by atoms with Gasteiger partial charge in [-0.05, 0) is 24.6 Å². The fraction of sp³-hybridized carbons (Fsp3) is 0.250. The van der Waals surface area contributed by atoms with Gasteiger partial charge in [-0.1, -0.05) is 6.07 Å². The third kappa shape index (κ3) is 2.66. The molecule has 0 fully saturated rings. The van der Waals surface area contributed by atoms with E-state index >= 15 is 0 Å². The van der Waals surface area contributed by atoms with Gasteiger partial charge in [-0.15, -0.1) is 11.8 Å². The van der Waals surface area contributed by atoms with Gasteiger partial charge < -0.3 is 0 Å². The minimum Gasteiger partial charge on any atom is -0.262 e. The second-order valence-corrected chi connectivity index (χ2v) is 4.65. The van der Waals surface area contributed by atoms with Crippen molar-refractivity contribution in [2.75, 3.05) is 0 Å². The van der Waals surface area contributed by atoms with E-state index in [2.05, 4.69) is 16.2 Å². The van der Waals surface area contributed by atoms with Crippen molar-refractivity contribution in [2.24, 2.45) is 7.05 Å². The first-order valence-corrected chi connectivity index (χ1v) is 6.16. The van der Waals surface area contributed by atoms with Crippen molar-refractivity contribution in [3.63, 3.8) is 0 Å². The average Bonchev–Trinajstić information content (AvgIpc) is 2.65. The van der Waals surface area contributed by atoms with Gasteiger partial charge in [0.1, 0.15) is 11.8 Å². The third-order valence-electron chi connectivity index (χ3n) is 2.33. The van der Waals surface area contributed by atoms with E-state index in [9.17, 15) is 0 Å². The summed E-state index contributed by atoms with van der Waals surface area (Å²) >= 11 is 1.66. The molecule has 0 radical (unpaired) electrons. The number of hydrogen-bond donors (Lipinski definition) is 0. The highest BCUT2D eigenvalue weighted by atomic mass is 32.2. The summed E-state index contributed by atoms with van der Waals surface area (Å²) < 4.78 is 1.85. The minimum atomic E-state index is 0.499. The van der Waals surface area contributed by atoms with Crippen molar-refractivity contribution in [1.82, 2.24) is 14.8 Å². The molecule has 0 aromatic carbocycles. The normalized spacial score (nSPS) is 10.2. The second kappa shape index (κ2) is 5.02. The van der Waals surface area contributed by atoms with Crippen LogP contribution in [0.1, 0.15) is 17.0 Å². The Morgan fingerprint density at radius 1 is 1.53 bits per heavy atom. The van der Waals surface area contributed by atoms with Gasteiger partial charge in [-0.3, -0.25) is 4.68 Å². The third-order valence-corrected chi connectivity index (χ3v) is 3.46. The van der Waals surface area contributed by atoms with Gasteiger partial charge in [0, 0.05) is 19.0 Å². The van der Waals surface area contributed by atoms with Gasteiger partial charge in [0.15, 0.2) is 0 Å². The Morgan fingerprint density at radius 2 is 2.35 bits per heavy atom. The standard InChI is InChI=1S/C12H12N4S/c1-9-6-12(16(2)15-9)17-8-10-4-3-5-14-11(10)7-13/h3-6H,8H2,1-2H3. The summed E-state index contributed by atoms with van der Waals surface area (Å²) in [6.45, 7) is 1.97. The van der Waals surface area contributed by atoms with Gasteiger partial charge in [-0.25, -0.2) is 4.98 Å². The number of thioether (sulfide) groups is 1. The molecule has 17 heavy (non-hydrogen) atoms. The van der Waals surface area contributed by atoms with Crippen molar-refractivity contribution in [2.45, 2.75) is 17.7 Å². The Balaban J connectivity index is 2.13. The number of pyridine rings is 1. The van der Waals surface area contributed by atoms with Crippen LogP contribution >= 0.6 is 11.8 Å². The van der Waals surface area contributed by atoms with Crippen LogP contribution < -0.4 is 0 Å². The fourth-order valence-electron chi connectivity index (χ4n) is 1.53. The Bertz CT molecular complexity index is 568. The molecule has 4 nitrogen and oxygen atoms in total. The Kier molecular flexibility index (Phi) is 3.45. The first kappa shape index (κ1) is 11.7.